The maximum Gasteiger partial charge on any atom is 0.133 e. The van der Waals surface area contributed by atoms with Crippen LogP contribution in [0.5, 0.6) is 0 Å². The van der Waals surface area contributed by atoms with E-state index in [2.05, 4.69) is 20.8 Å². The Balaban J connectivity index is 3.92. The van der Waals surface area contributed by atoms with Gasteiger partial charge < -0.3 is 0 Å². The van der Waals surface area contributed by atoms with Crippen molar-refractivity contribution < 1.29 is 4.79 Å². The molecule has 10 heavy (non-hydrogen) atoms. The molecule has 0 aromatic heterocycles. The first kappa shape index (κ1) is 9.67. The highest BCUT2D eigenvalue weighted by Gasteiger charge is 2.17. The standard InChI is InChI=1S/C9H18O/c1-5-7(3)9(6-2)8(4)10/h7,9H,5-6H2,1-4H3/t7-,9-/m1/s1. The van der Waals surface area contributed by atoms with Crippen molar-refractivity contribution in [3.05, 3.63) is 0 Å². The molecule has 0 aromatic rings. The van der Waals surface area contributed by atoms with E-state index in [0.717, 1.165) is 12.8 Å². The van der Waals surface area contributed by atoms with E-state index >= 15 is 0 Å². The topological polar surface area (TPSA) is 17.1 Å². The monoisotopic (exact) mass is 142 g/mol. The first-order valence-corrected chi connectivity index (χ1v) is 4.13. The molecule has 0 N–H and O–H groups in total. The van der Waals surface area contributed by atoms with Crippen LogP contribution in [0.2, 0.25) is 0 Å². The van der Waals surface area contributed by atoms with Crippen LogP contribution in [0.15, 0.2) is 0 Å². The summed E-state index contributed by atoms with van der Waals surface area (Å²) in [5, 5.41) is 0. The SMILES string of the molecule is CC[C@@H](C)[C@@H](CC)C(C)=O. The van der Waals surface area contributed by atoms with Gasteiger partial charge in [-0.15, -0.1) is 0 Å². The molecule has 0 aliphatic carbocycles. The van der Waals surface area contributed by atoms with Crippen LogP contribution in [0.1, 0.15) is 40.5 Å². The fourth-order valence-electron chi connectivity index (χ4n) is 1.38. The Kier molecular flexibility index (Phi) is 4.33. The highest BCUT2D eigenvalue weighted by Crippen LogP contribution is 2.18. The predicted molar refractivity (Wildman–Crippen MR) is 43.9 cm³/mol. The number of rotatable bonds is 4. The third-order valence-electron chi connectivity index (χ3n) is 2.29. The van der Waals surface area contributed by atoms with Crippen molar-refractivity contribution in [2.45, 2.75) is 40.5 Å². The lowest BCUT2D eigenvalue weighted by Gasteiger charge is -2.17. The Bertz CT molecular complexity index is 107. The van der Waals surface area contributed by atoms with Crippen molar-refractivity contribution in [3.8, 4) is 0 Å². The van der Waals surface area contributed by atoms with Gasteiger partial charge in [0.25, 0.3) is 0 Å². The van der Waals surface area contributed by atoms with Crippen LogP contribution in [0.4, 0.5) is 0 Å². The van der Waals surface area contributed by atoms with Crippen molar-refractivity contribution in [1.29, 1.82) is 0 Å². The third-order valence-corrected chi connectivity index (χ3v) is 2.29. The summed E-state index contributed by atoms with van der Waals surface area (Å²) in [7, 11) is 0. The number of hydrogen-bond acceptors (Lipinski definition) is 1. The molecule has 0 heterocycles. The van der Waals surface area contributed by atoms with Crippen LogP contribution in [0.25, 0.3) is 0 Å². The Morgan fingerprint density at radius 1 is 1.30 bits per heavy atom. The van der Waals surface area contributed by atoms with Gasteiger partial charge in [-0.2, -0.15) is 0 Å². The summed E-state index contributed by atoms with van der Waals surface area (Å²) >= 11 is 0. The molecule has 0 amide bonds. The number of hydrogen-bond donors (Lipinski definition) is 0. The molecular formula is C9H18O. The summed E-state index contributed by atoms with van der Waals surface area (Å²) in [6.45, 7) is 8.06. The van der Waals surface area contributed by atoms with E-state index in [9.17, 15) is 4.79 Å². The van der Waals surface area contributed by atoms with Crippen LogP contribution in [0.3, 0.4) is 0 Å². The molecule has 0 spiro atoms. The fourth-order valence-corrected chi connectivity index (χ4v) is 1.38. The van der Waals surface area contributed by atoms with E-state index in [1.165, 1.54) is 0 Å². The number of Topliss-reactive ketones (excluding diaryl/α,β-unsaturated/α-hetero) is 1. The Morgan fingerprint density at radius 3 is 1.90 bits per heavy atom. The van der Waals surface area contributed by atoms with Crippen molar-refractivity contribution in [2.24, 2.45) is 11.8 Å². The molecule has 1 heteroatoms. The smallest absolute Gasteiger partial charge is 0.133 e. The average molecular weight is 142 g/mol. The van der Waals surface area contributed by atoms with Gasteiger partial charge in [0.1, 0.15) is 5.78 Å². The Hall–Kier alpha value is -0.330. The lowest BCUT2D eigenvalue weighted by Crippen LogP contribution is -2.17. The number of ketones is 1. The van der Waals surface area contributed by atoms with Crippen molar-refractivity contribution >= 4 is 5.78 Å². The van der Waals surface area contributed by atoms with E-state index in [0.29, 0.717) is 17.6 Å². The number of carbonyl (C=O) groups excluding carboxylic acids is 1. The molecular weight excluding hydrogens is 124 g/mol. The molecule has 0 aromatic carbocycles. The maximum atomic E-state index is 11.0. The molecule has 0 aliphatic rings. The minimum Gasteiger partial charge on any atom is -0.300 e. The van der Waals surface area contributed by atoms with Crippen molar-refractivity contribution in [2.75, 3.05) is 0 Å². The van der Waals surface area contributed by atoms with Crippen LogP contribution in [-0.4, -0.2) is 5.78 Å². The molecule has 0 bridgehead atoms. The maximum absolute atomic E-state index is 11.0. The summed E-state index contributed by atoms with van der Waals surface area (Å²) in [6.07, 6.45) is 2.10. The fraction of sp³-hybridized carbons (Fsp3) is 0.889. The first-order valence-electron chi connectivity index (χ1n) is 4.13. The lowest BCUT2D eigenvalue weighted by molar-refractivity contribution is -0.122. The van der Waals surface area contributed by atoms with Crippen LogP contribution in [-0.2, 0) is 4.79 Å². The van der Waals surface area contributed by atoms with Gasteiger partial charge in [-0.25, -0.2) is 0 Å². The Morgan fingerprint density at radius 2 is 1.80 bits per heavy atom. The summed E-state index contributed by atoms with van der Waals surface area (Å²) in [6, 6.07) is 0. The second-order valence-corrected chi connectivity index (χ2v) is 3.01. The van der Waals surface area contributed by atoms with E-state index in [1.54, 1.807) is 6.92 Å². The van der Waals surface area contributed by atoms with Crippen molar-refractivity contribution in [1.82, 2.24) is 0 Å². The van der Waals surface area contributed by atoms with Crippen LogP contribution < -0.4 is 0 Å². The molecule has 0 fully saturated rings. The minimum atomic E-state index is 0.296. The van der Waals surface area contributed by atoms with Gasteiger partial charge in [0, 0.05) is 5.92 Å². The second kappa shape index (κ2) is 4.48. The van der Waals surface area contributed by atoms with Gasteiger partial charge >= 0.3 is 0 Å². The molecule has 0 saturated heterocycles. The predicted octanol–water partition coefficient (Wildman–Crippen LogP) is 2.65. The quantitative estimate of drug-likeness (QED) is 0.589. The van der Waals surface area contributed by atoms with Gasteiger partial charge in [-0.3, -0.25) is 4.79 Å². The summed E-state index contributed by atoms with van der Waals surface area (Å²) < 4.78 is 0. The molecule has 0 aliphatic heterocycles. The molecule has 0 saturated carbocycles. The minimum absolute atomic E-state index is 0.296. The van der Waals surface area contributed by atoms with Crippen molar-refractivity contribution in [3.63, 3.8) is 0 Å². The lowest BCUT2D eigenvalue weighted by atomic mass is 9.87. The first-order chi connectivity index (χ1) is 4.63. The van der Waals surface area contributed by atoms with Crippen LogP contribution >= 0.6 is 0 Å². The van der Waals surface area contributed by atoms with Crippen LogP contribution in [0, 0.1) is 11.8 Å². The van der Waals surface area contributed by atoms with Gasteiger partial charge in [0.05, 0.1) is 0 Å². The van der Waals surface area contributed by atoms with E-state index in [-0.39, 0.29) is 0 Å². The molecule has 1 nitrogen and oxygen atoms in total. The normalized spacial score (nSPS) is 16.4. The molecule has 2 atom stereocenters. The van der Waals surface area contributed by atoms with Gasteiger partial charge in [-0.05, 0) is 19.3 Å². The largest absolute Gasteiger partial charge is 0.300 e. The number of carbonyl (C=O) groups is 1. The molecule has 0 unspecified atom stereocenters. The molecule has 0 rings (SSSR count). The zero-order valence-electron chi connectivity index (χ0n) is 7.48. The van der Waals surface area contributed by atoms with E-state index < -0.39 is 0 Å². The molecule has 60 valence electrons. The highest BCUT2D eigenvalue weighted by atomic mass is 16.1. The zero-order chi connectivity index (χ0) is 8.15. The van der Waals surface area contributed by atoms with Gasteiger partial charge in [0.2, 0.25) is 0 Å². The van der Waals surface area contributed by atoms with Gasteiger partial charge in [-0.1, -0.05) is 27.2 Å². The summed E-state index contributed by atoms with van der Waals surface area (Å²) in [5.41, 5.74) is 0. The molecule has 0 radical (unpaired) electrons. The summed E-state index contributed by atoms with van der Waals surface area (Å²) in [4.78, 5) is 11.0. The third kappa shape index (κ3) is 2.51. The second-order valence-electron chi connectivity index (χ2n) is 3.01. The zero-order valence-corrected chi connectivity index (χ0v) is 7.48. The Labute approximate surface area is 63.8 Å². The van der Waals surface area contributed by atoms with E-state index in [1.807, 2.05) is 0 Å². The van der Waals surface area contributed by atoms with E-state index in [4.69, 9.17) is 0 Å². The van der Waals surface area contributed by atoms with Gasteiger partial charge in [0.15, 0.2) is 0 Å². The summed E-state index contributed by atoms with van der Waals surface area (Å²) in [5.74, 6) is 1.20. The average Bonchev–Trinajstić information content (AvgIpc) is 1.88. The highest BCUT2D eigenvalue weighted by molar-refractivity contribution is 5.78.